The summed E-state index contributed by atoms with van der Waals surface area (Å²) in [4.78, 5) is 30.5. The van der Waals surface area contributed by atoms with Crippen molar-refractivity contribution in [3.05, 3.63) is 61.5 Å². The zero-order valence-electron chi connectivity index (χ0n) is 13.2. The minimum Gasteiger partial charge on any atom is -0.362 e. The van der Waals surface area contributed by atoms with E-state index in [-0.39, 0.29) is 23.6 Å². The van der Waals surface area contributed by atoms with Crippen LogP contribution < -0.4 is 10.5 Å². The highest BCUT2D eigenvalue weighted by molar-refractivity contribution is 7.17. The van der Waals surface area contributed by atoms with Crippen molar-refractivity contribution in [2.24, 2.45) is 0 Å². The topological polar surface area (TPSA) is 92.1 Å². The summed E-state index contributed by atoms with van der Waals surface area (Å²) in [5.74, 6) is 0.248. The van der Waals surface area contributed by atoms with E-state index in [0.29, 0.717) is 16.3 Å². The Hall–Kier alpha value is -2.95. The third-order valence-electron chi connectivity index (χ3n) is 3.66. The van der Waals surface area contributed by atoms with Crippen LogP contribution in [0.1, 0.15) is 11.4 Å². The van der Waals surface area contributed by atoms with E-state index in [1.54, 1.807) is 11.4 Å². The first-order chi connectivity index (χ1) is 12.2. The normalized spacial score (nSPS) is 11.7. The fraction of sp³-hybridized carbons (Fsp3) is 0.200. The fourth-order valence-corrected chi connectivity index (χ4v) is 3.20. The molecule has 0 aliphatic rings. The van der Waals surface area contributed by atoms with E-state index < -0.39 is 22.4 Å². The number of hydrogen-bond donors (Lipinski definition) is 1. The number of nitrogens with zero attached hydrogens (tertiary/aromatic N) is 3. The molecule has 0 fully saturated rings. The van der Waals surface area contributed by atoms with Crippen LogP contribution in [-0.2, 0) is 12.7 Å². The molecule has 0 unspecified atom stereocenters. The molecular weight excluding hydrogens is 373 g/mol. The van der Waals surface area contributed by atoms with Crippen LogP contribution >= 0.6 is 11.3 Å². The molecule has 3 rings (SSSR count). The number of rotatable bonds is 4. The van der Waals surface area contributed by atoms with Gasteiger partial charge in [0.25, 0.3) is 11.2 Å². The van der Waals surface area contributed by atoms with Gasteiger partial charge in [0.2, 0.25) is 0 Å². The Morgan fingerprint density at radius 2 is 2.08 bits per heavy atom. The van der Waals surface area contributed by atoms with Gasteiger partial charge in [-0.1, -0.05) is 0 Å². The van der Waals surface area contributed by atoms with Gasteiger partial charge in [-0.15, -0.1) is 11.3 Å². The van der Waals surface area contributed by atoms with Gasteiger partial charge in [0, 0.05) is 13.1 Å². The first-order valence-corrected chi connectivity index (χ1v) is 8.08. The van der Waals surface area contributed by atoms with Gasteiger partial charge in [-0.25, -0.2) is 4.98 Å². The summed E-state index contributed by atoms with van der Waals surface area (Å²) in [5.41, 5.74) is -1.65. The van der Waals surface area contributed by atoms with Crippen molar-refractivity contribution in [1.29, 1.82) is 0 Å². The average Bonchev–Trinajstić information content (AvgIpc) is 3.02. The largest absolute Gasteiger partial charge is 0.416 e. The minimum absolute atomic E-state index is 0.0175. The number of hydrogen-bond acceptors (Lipinski definition) is 6. The van der Waals surface area contributed by atoms with E-state index in [2.05, 4.69) is 9.97 Å². The Morgan fingerprint density at radius 3 is 2.73 bits per heavy atom. The Bertz CT molecular complexity index is 1040. The van der Waals surface area contributed by atoms with E-state index in [0.717, 1.165) is 12.1 Å². The highest BCUT2D eigenvalue weighted by Crippen LogP contribution is 2.36. The SMILES string of the molecule is CN(Cc1nc2ccsc2c(=O)[nH]1)c1ccc(C(F)(F)F)cc1[N+](=O)[O-]. The zero-order valence-corrected chi connectivity index (χ0v) is 14.0. The molecule has 11 heteroatoms. The summed E-state index contributed by atoms with van der Waals surface area (Å²) in [6.45, 7) is -0.0206. The maximum Gasteiger partial charge on any atom is 0.416 e. The van der Waals surface area contributed by atoms with E-state index in [1.807, 2.05) is 0 Å². The van der Waals surface area contributed by atoms with E-state index in [1.165, 1.54) is 23.3 Å². The lowest BCUT2D eigenvalue weighted by molar-refractivity contribution is -0.384. The molecular formula is C15H11F3N4O3S. The maximum absolute atomic E-state index is 12.8. The number of aromatic amines is 1. The zero-order chi connectivity index (χ0) is 19.1. The van der Waals surface area contributed by atoms with Crippen LogP contribution in [0.15, 0.2) is 34.4 Å². The Balaban J connectivity index is 1.97. The molecule has 0 saturated heterocycles. The predicted octanol–water partition coefficient (Wildman–Crippen LogP) is 3.55. The Labute approximate surface area is 147 Å². The summed E-state index contributed by atoms with van der Waals surface area (Å²) in [5, 5.41) is 12.9. The monoisotopic (exact) mass is 384 g/mol. The molecule has 26 heavy (non-hydrogen) atoms. The van der Waals surface area contributed by atoms with Crippen LogP contribution in [-0.4, -0.2) is 21.9 Å². The van der Waals surface area contributed by atoms with Crippen LogP contribution in [0.25, 0.3) is 10.2 Å². The second kappa shape index (κ2) is 6.41. The van der Waals surface area contributed by atoms with Gasteiger partial charge in [-0.2, -0.15) is 13.2 Å². The number of thiophene rings is 1. The van der Waals surface area contributed by atoms with Crippen molar-refractivity contribution in [2.45, 2.75) is 12.7 Å². The van der Waals surface area contributed by atoms with Crippen LogP contribution in [0.2, 0.25) is 0 Å². The summed E-state index contributed by atoms with van der Waals surface area (Å²) < 4.78 is 38.8. The molecule has 136 valence electrons. The van der Waals surface area contributed by atoms with Crippen molar-refractivity contribution >= 4 is 32.9 Å². The van der Waals surface area contributed by atoms with Crippen LogP contribution in [0, 0.1) is 10.1 Å². The molecule has 0 aliphatic heterocycles. The van der Waals surface area contributed by atoms with Crippen LogP contribution in [0.4, 0.5) is 24.5 Å². The first-order valence-electron chi connectivity index (χ1n) is 7.20. The maximum atomic E-state index is 12.8. The van der Waals surface area contributed by atoms with Gasteiger partial charge in [0.1, 0.15) is 16.2 Å². The van der Waals surface area contributed by atoms with Crippen molar-refractivity contribution in [3.63, 3.8) is 0 Å². The van der Waals surface area contributed by atoms with E-state index in [4.69, 9.17) is 0 Å². The van der Waals surface area contributed by atoms with E-state index in [9.17, 15) is 28.1 Å². The average molecular weight is 384 g/mol. The number of nitro groups is 1. The van der Waals surface area contributed by atoms with Crippen molar-refractivity contribution in [1.82, 2.24) is 9.97 Å². The lowest BCUT2D eigenvalue weighted by Crippen LogP contribution is -2.22. The Kier molecular flexibility index (Phi) is 4.40. The smallest absolute Gasteiger partial charge is 0.362 e. The molecule has 0 atom stereocenters. The lowest BCUT2D eigenvalue weighted by atomic mass is 10.1. The Morgan fingerprint density at radius 1 is 1.35 bits per heavy atom. The van der Waals surface area contributed by atoms with Crippen molar-refractivity contribution in [3.8, 4) is 0 Å². The van der Waals surface area contributed by atoms with Crippen molar-refractivity contribution in [2.75, 3.05) is 11.9 Å². The fourth-order valence-electron chi connectivity index (χ4n) is 2.48. The number of nitrogens with one attached hydrogen (secondary N) is 1. The van der Waals surface area contributed by atoms with Gasteiger partial charge in [-0.05, 0) is 23.6 Å². The second-order valence-electron chi connectivity index (χ2n) is 5.46. The molecule has 0 amide bonds. The van der Waals surface area contributed by atoms with Gasteiger partial charge >= 0.3 is 6.18 Å². The standard InChI is InChI=1S/C15H11F3N4O3S/c1-21(7-12-19-9-4-5-26-13(9)14(23)20-12)10-3-2-8(15(16,17)18)6-11(10)22(24)25/h2-6H,7H2,1H3,(H,19,20,23). The van der Waals surface area contributed by atoms with Crippen molar-refractivity contribution < 1.29 is 18.1 Å². The van der Waals surface area contributed by atoms with Gasteiger partial charge in [-0.3, -0.25) is 14.9 Å². The van der Waals surface area contributed by atoms with Gasteiger partial charge in [0.05, 0.1) is 22.5 Å². The van der Waals surface area contributed by atoms with Gasteiger partial charge < -0.3 is 9.88 Å². The molecule has 1 N–H and O–H groups in total. The molecule has 1 aromatic carbocycles. The first kappa shape index (κ1) is 17.9. The molecule has 2 aromatic heterocycles. The third kappa shape index (κ3) is 3.38. The molecule has 2 heterocycles. The number of alkyl halides is 3. The lowest BCUT2D eigenvalue weighted by Gasteiger charge is -2.19. The van der Waals surface area contributed by atoms with Gasteiger partial charge in [0.15, 0.2) is 0 Å². The molecule has 0 saturated carbocycles. The number of nitro benzene ring substituents is 1. The number of fused-ring (bicyclic) bond motifs is 1. The molecule has 3 aromatic rings. The number of benzene rings is 1. The summed E-state index contributed by atoms with van der Waals surface area (Å²) in [6, 6.07) is 3.96. The minimum atomic E-state index is -4.68. The second-order valence-corrected chi connectivity index (χ2v) is 6.38. The van der Waals surface area contributed by atoms with E-state index >= 15 is 0 Å². The molecule has 0 radical (unpaired) electrons. The highest BCUT2D eigenvalue weighted by Gasteiger charge is 2.33. The number of anilines is 1. The van der Waals surface area contributed by atoms with Crippen LogP contribution in [0.5, 0.6) is 0 Å². The summed E-state index contributed by atoms with van der Waals surface area (Å²) >= 11 is 1.23. The number of halogens is 3. The summed E-state index contributed by atoms with van der Waals surface area (Å²) in [6.07, 6.45) is -4.68. The number of aromatic nitrogens is 2. The third-order valence-corrected chi connectivity index (χ3v) is 4.56. The molecule has 0 spiro atoms. The number of H-pyrrole nitrogens is 1. The molecule has 0 bridgehead atoms. The molecule has 7 nitrogen and oxygen atoms in total. The quantitative estimate of drug-likeness (QED) is 0.549. The molecule has 0 aliphatic carbocycles. The van der Waals surface area contributed by atoms with Crippen LogP contribution in [0.3, 0.4) is 0 Å². The predicted molar refractivity (Wildman–Crippen MR) is 90.4 cm³/mol. The summed E-state index contributed by atoms with van der Waals surface area (Å²) in [7, 11) is 1.47. The highest BCUT2D eigenvalue weighted by atomic mass is 32.1.